The normalized spacial score (nSPS) is 16.1. The summed E-state index contributed by atoms with van der Waals surface area (Å²) >= 11 is 0. The third kappa shape index (κ3) is 6.68. The van der Waals surface area contributed by atoms with Gasteiger partial charge in [-0.3, -0.25) is 4.79 Å². The molecule has 2 N–H and O–H groups in total. The number of likely N-dealkylation sites (N-methyl/N-ethyl adjacent to an activating group) is 1. The molecule has 1 fully saturated rings. The summed E-state index contributed by atoms with van der Waals surface area (Å²) in [6.07, 6.45) is 3.11. The molecule has 0 aromatic carbocycles. The summed E-state index contributed by atoms with van der Waals surface area (Å²) in [5, 5.41) is 14.8. The minimum absolute atomic E-state index is 0. The molecular weight excluding hydrogens is 375 g/mol. The van der Waals surface area contributed by atoms with Crippen molar-refractivity contribution in [1.82, 2.24) is 30.5 Å². The molecule has 0 bridgehead atoms. The fourth-order valence-electron chi connectivity index (χ4n) is 3.26. The maximum Gasteiger partial charge on any atom is 0.273 e. The topological polar surface area (TPSA) is 75.1 Å². The van der Waals surface area contributed by atoms with E-state index in [-0.39, 0.29) is 30.7 Å². The lowest BCUT2D eigenvalue weighted by molar-refractivity contribution is 0.0932. The smallest absolute Gasteiger partial charge is 0.273 e. The van der Waals surface area contributed by atoms with Gasteiger partial charge in [-0.15, -0.1) is 29.9 Å². The van der Waals surface area contributed by atoms with Crippen LogP contribution in [0.25, 0.3) is 0 Å². The molecule has 1 amide bonds. The molecule has 2 rings (SSSR count). The SMILES string of the molecule is Cc1c(C(=O)NCC(CC(C)C)N(C)C)nnn1C1CCNCC1.Cl.Cl. The van der Waals surface area contributed by atoms with E-state index in [2.05, 4.69) is 53.8 Å². The molecule has 0 saturated carbocycles. The van der Waals surface area contributed by atoms with E-state index in [1.54, 1.807) is 0 Å². The Hall–Kier alpha value is -0.890. The van der Waals surface area contributed by atoms with Crippen LogP contribution in [0.5, 0.6) is 0 Å². The van der Waals surface area contributed by atoms with Gasteiger partial charge in [-0.25, -0.2) is 4.68 Å². The first-order chi connectivity index (χ1) is 11.4. The Morgan fingerprint density at radius 1 is 1.31 bits per heavy atom. The number of rotatable bonds is 7. The van der Waals surface area contributed by atoms with E-state index in [0.29, 0.717) is 30.2 Å². The number of halogens is 2. The number of nitrogens with one attached hydrogen (secondary N) is 2. The molecule has 1 aromatic heterocycles. The van der Waals surface area contributed by atoms with Gasteiger partial charge in [0.15, 0.2) is 5.69 Å². The van der Waals surface area contributed by atoms with Gasteiger partial charge in [0.2, 0.25) is 0 Å². The average Bonchev–Trinajstić information content (AvgIpc) is 2.93. The fraction of sp³-hybridized carbons (Fsp3) is 0.824. The van der Waals surface area contributed by atoms with Gasteiger partial charge < -0.3 is 15.5 Å². The summed E-state index contributed by atoms with van der Waals surface area (Å²) in [4.78, 5) is 14.7. The molecule has 0 spiro atoms. The van der Waals surface area contributed by atoms with Crippen LogP contribution in [-0.2, 0) is 0 Å². The van der Waals surface area contributed by atoms with Gasteiger partial charge in [0, 0.05) is 12.6 Å². The van der Waals surface area contributed by atoms with Crippen molar-refractivity contribution < 1.29 is 4.79 Å². The molecule has 26 heavy (non-hydrogen) atoms. The predicted octanol–water partition coefficient (Wildman–Crippen LogP) is 2.06. The second kappa shape index (κ2) is 11.7. The van der Waals surface area contributed by atoms with Gasteiger partial charge in [0.05, 0.1) is 11.7 Å². The number of aromatic nitrogens is 3. The number of hydrogen-bond donors (Lipinski definition) is 2. The zero-order valence-electron chi connectivity index (χ0n) is 16.5. The van der Waals surface area contributed by atoms with Gasteiger partial charge in [0.25, 0.3) is 5.91 Å². The molecular formula is C17H34Cl2N6O. The number of carbonyl (C=O) groups excluding carboxylic acids is 1. The van der Waals surface area contributed by atoms with E-state index in [4.69, 9.17) is 0 Å². The van der Waals surface area contributed by atoms with Gasteiger partial charge in [-0.2, -0.15) is 0 Å². The monoisotopic (exact) mass is 408 g/mol. The Morgan fingerprint density at radius 3 is 2.46 bits per heavy atom. The Kier molecular flexibility index (Phi) is 11.3. The summed E-state index contributed by atoms with van der Waals surface area (Å²) < 4.78 is 1.92. The van der Waals surface area contributed by atoms with Crippen molar-refractivity contribution in [3.8, 4) is 0 Å². The van der Waals surface area contributed by atoms with E-state index in [1.165, 1.54) is 0 Å². The van der Waals surface area contributed by atoms with Gasteiger partial charge in [-0.1, -0.05) is 19.1 Å². The zero-order chi connectivity index (χ0) is 17.7. The molecule has 1 aliphatic rings. The van der Waals surface area contributed by atoms with Crippen LogP contribution in [0.3, 0.4) is 0 Å². The molecule has 0 aliphatic carbocycles. The molecule has 9 heteroatoms. The van der Waals surface area contributed by atoms with Crippen LogP contribution in [0, 0.1) is 12.8 Å². The first-order valence-corrected chi connectivity index (χ1v) is 8.97. The first kappa shape index (κ1) is 25.1. The highest BCUT2D eigenvalue weighted by atomic mass is 35.5. The second-order valence-corrected chi connectivity index (χ2v) is 7.41. The average molecular weight is 409 g/mol. The molecule has 0 radical (unpaired) electrons. The van der Waals surface area contributed by atoms with Crippen LogP contribution in [-0.4, -0.2) is 65.6 Å². The number of amides is 1. The molecule has 1 unspecified atom stereocenters. The van der Waals surface area contributed by atoms with Crippen molar-refractivity contribution in [2.75, 3.05) is 33.7 Å². The molecule has 7 nitrogen and oxygen atoms in total. The maximum atomic E-state index is 12.5. The number of carbonyl (C=O) groups is 1. The zero-order valence-corrected chi connectivity index (χ0v) is 18.1. The Balaban J connectivity index is 0.00000312. The highest BCUT2D eigenvalue weighted by molar-refractivity contribution is 5.93. The highest BCUT2D eigenvalue weighted by Crippen LogP contribution is 2.20. The van der Waals surface area contributed by atoms with E-state index < -0.39 is 0 Å². The van der Waals surface area contributed by atoms with E-state index in [9.17, 15) is 4.79 Å². The summed E-state index contributed by atoms with van der Waals surface area (Å²) in [6, 6.07) is 0.671. The Labute approximate surface area is 169 Å². The third-order valence-corrected chi connectivity index (χ3v) is 4.77. The van der Waals surface area contributed by atoms with Gasteiger partial charge in [-0.05, 0) is 59.3 Å². The van der Waals surface area contributed by atoms with E-state index in [0.717, 1.165) is 38.0 Å². The number of nitrogens with zero attached hydrogens (tertiary/aromatic N) is 4. The predicted molar refractivity (Wildman–Crippen MR) is 110 cm³/mol. The van der Waals surface area contributed by atoms with Crippen LogP contribution < -0.4 is 10.6 Å². The lowest BCUT2D eigenvalue weighted by Crippen LogP contribution is -2.41. The van der Waals surface area contributed by atoms with Crippen molar-refractivity contribution in [3.05, 3.63) is 11.4 Å². The fourth-order valence-corrected chi connectivity index (χ4v) is 3.26. The minimum Gasteiger partial charge on any atom is -0.349 e. The lowest BCUT2D eigenvalue weighted by Gasteiger charge is -2.26. The molecule has 152 valence electrons. The summed E-state index contributed by atoms with van der Waals surface area (Å²) in [7, 11) is 4.11. The molecule has 1 saturated heterocycles. The third-order valence-electron chi connectivity index (χ3n) is 4.77. The van der Waals surface area contributed by atoms with E-state index >= 15 is 0 Å². The van der Waals surface area contributed by atoms with Crippen LogP contribution in [0.2, 0.25) is 0 Å². The maximum absolute atomic E-state index is 12.5. The quantitative estimate of drug-likeness (QED) is 0.721. The molecule has 2 heterocycles. The molecule has 1 atom stereocenters. The van der Waals surface area contributed by atoms with Crippen molar-refractivity contribution >= 4 is 30.7 Å². The Morgan fingerprint density at radius 2 is 1.92 bits per heavy atom. The van der Waals surface area contributed by atoms with Gasteiger partial charge in [0.1, 0.15) is 0 Å². The molecule has 1 aromatic rings. The Bertz CT molecular complexity index is 543. The molecule has 1 aliphatic heterocycles. The summed E-state index contributed by atoms with van der Waals surface area (Å²) in [5.41, 5.74) is 1.32. The van der Waals surface area contributed by atoms with Crippen molar-refractivity contribution in [3.63, 3.8) is 0 Å². The van der Waals surface area contributed by atoms with Crippen LogP contribution >= 0.6 is 24.8 Å². The lowest BCUT2D eigenvalue weighted by atomic mass is 10.0. The van der Waals surface area contributed by atoms with Gasteiger partial charge >= 0.3 is 0 Å². The van der Waals surface area contributed by atoms with Crippen LogP contribution in [0.1, 0.15) is 55.3 Å². The summed E-state index contributed by atoms with van der Waals surface area (Å²) in [5.74, 6) is 0.472. The summed E-state index contributed by atoms with van der Waals surface area (Å²) in [6.45, 7) is 8.95. The number of piperidine rings is 1. The first-order valence-electron chi connectivity index (χ1n) is 8.97. The van der Waals surface area contributed by atoms with E-state index in [1.807, 2.05) is 11.6 Å². The van der Waals surface area contributed by atoms with Crippen LogP contribution in [0.4, 0.5) is 0 Å². The largest absolute Gasteiger partial charge is 0.349 e. The minimum atomic E-state index is -0.122. The number of hydrogen-bond acceptors (Lipinski definition) is 5. The standard InChI is InChI=1S/C17H32N6O.2ClH/c1-12(2)10-15(22(4)5)11-19-17(24)16-13(3)23(21-20-16)14-6-8-18-9-7-14;;/h12,14-15,18H,6-11H2,1-5H3,(H,19,24);2*1H. The second-order valence-electron chi connectivity index (χ2n) is 7.41. The van der Waals surface area contributed by atoms with Crippen molar-refractivity contribution in [2.24, 2.45) is 5.92 Å². The van der Waals surface area contributed by atoms with Crippen molar-refractivity contribution in [2.45, 2.75) is 52.1 Å². The van der Waals surface area contributed by atoms with Crippen molar-refractivity contribution in [1.29, 1.82) is 0 Å². The highest BCUT2D eigenvalue weighted by Gasteiger charge is 2.23. The van der Waals surface area contributed by atoms with Crippen LogP contribution in [0.15, 0.2) is 0 Å².